The van der Waals surface area contributed by atoms with Gasteiger partial charge < -0.3 is 10.6 Å². The van der Waals surface area contributed by atoms with Gasteiger partial charge in [0.25, 0.3) is 0 Å². The van der Waals surface area contributed by atoms with Crippen LogP contribution in [0.4, 0.5) is 0 Å². The molecule has 0 bridgehead atoms. The highest BCUT2D eigenvalue weighted by Crippen LogP contribution is 2.43. The van der Waals surface area contributed by atoms with Crippen LogP contribution in [-0.4, -0.2) is 36.0 Å². The summed E-state index contributed by atoms with van der Waals surface area (Å²) in [6.45, 7) is 5.63. The van der Waals surface area contributed by atoms with Crippen LogP contribution in [0.3, 0.4) is 0 Å². The lowest BCUT2D eigenvalue weighted by Gasteiger charge is -2.31. The highest BCUT2D eigenvalue weighted by atomic mass is 32.2. The van der Waals surface area contributed by atoms with Crippen molar-refractivity contribution in [2.75, 3.05) is 18.8 Å². The van der Waals surface area contributed by atoms with Crippen molar-refractivity contribution in [2.24, 2.45) is 10.4 Å². The Hall–Kier alpha value is -0.710. The molecule has 1 aliphatic carbocycles. The number of amidine groups is 1. The predicted octanol–water partition coefficient (Wildman–Crippen LogP) is 2.15. The normalized spacial score (nSPS) is 22.9. The van der Waals surface area contributed by atoms with Crippen LogP contribution in [-0.2, 0) is 4.79 Å². The Morgan fingerprint density at radius 1 is 1.47 bits per heavy atom. The standard InChI is InChI=1S/C14H25N3OS/c1-3-8-15-12(18)11(2)17-13-16-9-14(10-19-13)6-4-5-7-14/h11H,3-10H2,1-2H3,(H,15,18)(H,16,17). The van der Waals surface area contributed by atoms with Gasteiger partial charge in [-0.05, 0) is 31.6 Å². The molecule has 0 aromatic heterocycles. The van der Waals surface area contributed by atoms with Crippen LogP contribution in [0.15, 0.2) is 4.99 Å². The molecule has 0 radical (unpaired) electrons. The van der Waals surface area contributed by atoms with E-state index in [4.69, 9.17) is 0 Å². The summed E-state index contributed by atoms with van der Waals surface area (Å²) < 4.78 is 0. The zero-order valence-electron chi connectivity index (χ0n) is 12.0. The van der Waals surface area contributed by atoms with Crippen molar-refractivity contribution in [2.45, 2.75) is 52.0 Å². The second kappa shape index (κ2) is 6.64. The number of rotatable bonds is 4. The summed E-state index contributed by atoms with van der Waals surface area (Å²) in [4.78, 5) is 16.4. The zero-order chi connectivity index (χ0) is 13.7. The molecule has 1 aliphatic heterocycles. The maximum Gasteiger partial charge on any atom is 0.242 e. The Labute approximate surface area is 120 Å². The van der Waals surface area contributed by atoms with E-state index in [0.717, 1.165) is 30.4 Å². The van der Waals surface area contributed by atoms with Gasteiger partial charge in [0.2, 0.25) is 5.91 Å². The monoisotopic (exact) mass is 283 g/mol. The fourth-order valence-corrected chi connectivity index (χ4v) is 3.96. The molecule has 4 nitrogen and oxygen atoms in total. The lowest BCUT2D eigenvalue weighted by atomic mass is 9.89. The Morgan fingerprint density at radius 3 is 2.79 bits per heavy atom. The molecule has 1 amide bonds. The van der Waals surface area contributed by atoms with Crippen molar-refractivity contribution in [1.82, 2.24) is 10.6 Å². The molecule has 1 heterocycles. The second-order valence-electron chi connectivity index (χ2n) is 5.77. The number of carbonyl (C=O) groups excluding carboxylic acids is 1. The minimum Gasteiger partial charge on any atom is -0.354 e. The third kappa shape index (κ3) is 3.88. The first-order valence-electron chi connectivity index (χ1n) is 7.37. The number of thioether (sulfide) groups is 1. The molecule has 19 heavy (non-hydrogen) atoms. The van der Waals surface area contributed by atoms with Gasteiger partial charge in [0.1, 0.15) is 6.04 Å². The van der Waals surface area contributed by atoms with Crippen LogP contribution in [0.1, 0.15) is 46.0 Å². The number of carbonyl (C=O) groups is 1. The van der Waals surface area contributed by atoms with Crippen LogP contribution in [0.2, 0.25) is 0 Å². The van der Waals surface area contributed by atoms with Gasteiger partial charge in [-0.3, -0.25) is 9.79 Å². The summed E-state index contributed by atoms with van der Waals surface area (Å²) in [6, 6.07) is -0.199. The van der Waals surface area contributed by atoms with E-state index in [-0.39, 0.29) is 11.9 Å². The molecule has 1 unspecified atom stereocenters. The van der Waals surface area contributed by atoms with Gasteiger partial charge in [-0.15, -0.1) is 0 Å². The maximum absolute atomic E-state index is 11.8. The Bertz CT molecular complexity index is 351. The molecular formula is C14H25N3OS. The van der Waals surface area contributed by atoms with E-state index >= 15 is 0 Å². The van der Waals surface area contributed by atoms with Crippen molar-refractivity contribution in [3.63, 3.8) is 0 Å². The highest BCUT2D eigenvalue weighted by molar-refractivity contribution is 8.13. The zero-order valence-corrected chi connectivity index (χ0v) is 12.8. The summed E-state index contributed by atoms with van der Waals surface area (Å²) in [5, 5.41) is 7.08. The summed E-state index contributed by atoms with van der Waals surface area (Å²) in [6.07, 6.45) is 6.33. The first kappa shape index (κ1) is 14.7. The first-order valence-corrected chi connectivity index (χ1v) is 8.35. The Balaban J connectivity index is 1.80. The topological polar surface area (TPSA) is 53.5 Å². The minimum absolute atomic E-state index is 0.0614. The van der Waals surface area contributed by atoms with Gasteiger partial charge in [0.05, 0.1) is 0 Å². The van der Waals surface area contributed by atoms with Crippen LogP contribution >= 0.6 is 11.8 Å². The van der Waals surface area contributed by atoms with Crippen LogP contribution < -0.4 is 10.6 Å². The first-order chi connectivity index (χ1) is 9.15. The molecule has 1 saturated carbocycles. The Kier molecular flexibility index (Phi) is 5.13. The average molecular weight is 283 g/mol. The van der Waals surface area contributed by atoms with Gasteiger partial charge in [-0.2, -0.15) is 0 Å². The molecule has 5 heteroatoms. The van der Waals surface area contributed by atoms with E-state index in [0.29, 0.717) is 5.41 Å². The maximum atomic E-state index is 11.8. The largest absolute Gasteiger partial charge is 0.354 e. The molecule has 0 aromatic rings. The minimum atomic E-state index is -0.199. The molecule has 1 spiro atoms. The number of nitrogens with zero attached hydrogens (tertiary/aromatic N) is 1. The lowest BCUT2D eigenvalue weighted by Crippen LogP contribution is -2.45. The number of hydrogen-bond donors (Lipinski definition) is 2. The van der Waals surface area contributed by atoms with Crippen molar-refractivity contribution in [1.29, 1.82) is 0 Å². The number of hydrogen-bond acceptors (Lipinski definition) is 4. The van der Waals surface area contributed by atoms with Crippen molar-refractivity contribution < 1.29 is 4.79 Å². The summed E-state index contributed by atoms with van der Waals surface area (Å²) in [5.74, 6) is 1.22. The molecule has 1 atom stereocenters. The lowest BCUT2D eigenvalue weighted by molar-refractivity contribution is -0.122. The molecule has 2 N–H and O–H groups in total. The van der Waals surface area contributed by atoms with Crippen molar-refractivity contribution >= 4 is 22.8 Å². The van der Waals surface area contributed by atoms with E-state index in [1.54, 1.807) is 11.8 Å². The third-order valence-electron chi connectivity index (χ3n) is 4.02. The summed E-state index contributed by atoms with van der Waals surface area (Å²) in [5.41, 5.74) is 0.462. The predicted molar refractivity (Wildman–Crippen MR) is 81.6 cm³/mol. The molecule has 0 saturated heterocycles. The number of aliphatic imine (C=N–C) groups is 1. The van der Waals surface area contributed by atoms with E-state index < -0.39 is 0 Å². The second-order valence-corrected chi connectivity index (χ2v) is 6.74. The smallest absolute Gasteiger partial charge is 0.242 e. The highest BCUT2D eigenvalue weighted by Gasteiger charge is 2.36. The van der Waals surface area contributed by atoms with Gasteiger partial charge in [0.15, 0.2) is 5.17 Å². The van der Waals surface area contributed by atoms with E-state index in [2.05, 4.69) is 22.5 Å². The van der Waals surface area contributed by atoms with Gasteiger partial charge >= 0.3 is 0 Å². The number of amides is 1. The molecule has 108 valence electrons. The molecule has 1 fully saturated rings. The van der Waals surface area contributed by atoms with Gasteiger partial charge in [-0.25, -0.2) is 0 Å². The fourth-order valence-electron chi connectivity index (χ4n) is 2.72. The number of nitrogens with one attached hydrogen (secondary N) is 2. The molecular weight excluding hydrogens is 258 g/mol. The van der Waals surface area contributed by atoms with Gasteiger partial charge in [0, 0.05) is 18.8 Å². The van der Waals surface area contributed by atoms with E-state index in [1.165, 1.54) is 25.7 Å². The van der Waals surface area contributed by atoms with Gasteiger partial charge in [-0.1, -0.05) is 31.5 Å². The van der Waals surface area contributed by atoms with Crippen molar-refractivity contribution in [3.8, 4) is 0 Å². The SMILES string of the molecule is CCCNC(=O)C(C)NC1=NCC2(CCCC2)CS1. The fraction of sp³-hybridized carbons (Fsp3) is 0.857. The summed E-state index contributed by atoms with van der Waals surface area (Å²) >= 11 is 1.79. The Morgan fingerprint density at radius 2 is 2.21 bits per heavy atom. The van der Waals surface area contributed by atoms with Crippen LogP contribution in [0, 0.1) is 5.41 Å². The third-order valence-corrected chi connectivity index (χ3v) is 5.30. The molecule has 0 aromatic carbocycles. The summed E-state index contributed by atoms with van der Waals surface area (Å²) in [7, 11) is 0. The van der Waals surface area contributed by atoms with Crippen molar-refractivity contribution in [3.05, 3.63) is 0 Å². The molecule has 2 rings (SSSR count). The van der Waals surface area contributed by atoms with E-state index in [1.807, 2.05) is 6.92 Å². The van der Waals surface area contributed by atoms with Crippen LogP contribution in [0.5, 0.6) is 0 Å². The quantitative estimate of drug-likeness (QED) is 0.831. The average Bonchev–Trinajstić information content (AvgIpc) is 2.87. The van der Waals surface area contributed by atoms with Crippen LogP contribution in [0.25, 0.3) is 0 Å². The van der Waals surface area contributed by atoms with E-state index in [9.17, 15) is 4.79 Å². The molecule has 2 aliphatic rings.